The summed E-state index contributed by atoms with van der Waals surface area (Å²) in [7, 11) is 0. The number of hydrogen-bond acceptors (Lipinski definition) is 8. The van der Waals surface area contributed by atoms with Gasteiger partial charge < -0.3 is 4.52 Å². The Morgan fingerprint density at radius 3 is 2.53 bits per heavy atom. The van der Waals surface area contributed by atoms with E-state index in [1.54, 1.807) is 31.3 Å². The minimum absolute atomic E-state index is 0.0641. The maximum atomic E-state index is 12.5. The summed E-state index contributed by atoms with van der Waals surface area (Å²) in [6.45, 7) is 1.80. The summed E-state index contributed by atoms with van der Waals surface area (Å²) in [5.41, 5.74) is 3.15. The number of thioether (sulfide) groups is 1. The van der Waals surface area contributed by atoms with Crippen LogP contribution in [0.3, 0.4) is 0 Å². The summed E-state index contributed by atoms with van der Waals surface area (Å²) in [6, 6.07) is 14.5. The van der Waals surface area contributed by atoms with Gasteiger partial charge in [-0.2, -0.15) is 0 Å². The van der Waals surface area contributed by atoms with E-state index < -0.39 is 4.92 Å². The van der Waals surface area contributed by atoms with E-state index in [1.165, 1.54) is 36.0 Å². The Bertz CT molecular complexity index is 1290. The SMILES string of the molecule is Cc1onc(-c2ccc(Cl)cc2)c1-c1ccnc(SCC(=O)c2ccc([N+](=O)[O-])cc2)n1. The average molecular weight is 467 g/mol. The van der Waals surface area contributed by atoms with Crippen molar-refractivity contribution in [1.82, 2.24) is 15.1 Å². The van der Waals surface area contributed by atoms with Crippen molar-refractivity contribution in [2.24, 2.45) is 0 Å². The smallest absolute Gasteiger partial charge is 0.269 e. The number of halogens is 1. The zero-order valence-corrected chi connectivity index (χ0v) is 18.3. The predicted molar refractivity (Wildman–Crippen MR) is 121 cm³/mol. The Kier molecular flexibility index (Phi) is 6.29. The van der Waals surface area contributed by atoms with Crippen molar-refractivity contribution < 1.29 is 14.2 Å². The van der Waals surface area contributed by atoms with E-state index in [0.29, 0.717) is 32.9 Å². The summed E-state index contributed by atoms with van der Waals surface area (Å²) < 4.78 is 5.40. The molecule has 0 unspecified atom stereocenters. The maximum absolute atomic E-state index is 12.5. The molecule has 2 aromatic heterocycles. The van der Waals surface area contributed by atoms with Crippen LogP contribution in [-0.2, 0) is 0 Å². The van der Waals surface area contributed by atoms with Gasteiger partial charge in [0.05, 0.1) is 21.9 Å². The normalized spacial score (nSPS) is 10.8. The van der Waals surface area contributed by atoms with Gasteiger partial charge in [0.25, 0.3) is 5.69 Å². The first-order valence-corrected chi connectivity index (χ1v) is 10.7. The maximum Gasteiger partial charge on any atom is 0.269 e. The number of non-ortho nitro benzene ring substituents is 1. The fourth-order valence-electron chi connectivity index (χ4n) is 3.01. The number of nitrogens with zero attached hydrogens (tertiary/aromatic N) is 4. The van der Waals surface area contributed by atoms with Crippen molar-refractivity contribution in [3.8, 4) is 22.5 Å². The second-order valence-corrected chi connectivity index (χ2v) is 8.09. The third-order valence-electron chi connectivity index (χ3n) is 4.60. The first-order valence-electron chi connectivity index (χ1n) is 9.38. The van der Waals surface area contributed by atoms with Crippen LogP contribution in [0.5, 0.6) is 0 Å². The van der Waals surface area contributed by atoms with Gasteiger partial charge in [0.1, 0.15) is 11.5 Å². The molecule has 32 heavy (non-hydrogen) atoms. The first-order chi connectivity index (χ1) is 15.4. The third kappa shape index (κ3) is 4.68. The molecule has 0 fully saturated rings. The molecule has 0 radical (unpaired) electrons. The quantitative estimate of drug-likeness (QED) is 0.113. The Morgan fingerprint density at radius 2 is 1.84 bits per heavy atom. The summed E-state index contributed by atoms with van der Waals surface area (Å²) >= 11 is 7.16. The number of Topliss-reactive ketones (excluding diaryl/α,β-unsaturated/α-hetero) is 1. The predicted octanol–water partition coefficient (Wildman–Crippen LogP) is 5.64. The topological polar surface area (TPSA) is 112 Å². The van der Waals surface area contributed by atoms with Gasteiger partial charge in [-0.3, -0.25) is 14.9 Å². The molecular formula is C22H15ClN4O4S. The Balaban J connectivity index is 1.53. The minimum Gasteiger partial charge on any atom is -0.360 e. The number of ketones is 1. The van der Waals surface area contributed by atoms with Crippen LogP contribution in [0.15, 0.2) is 70.5 Å². The van der Waals surface area contributed by atoms with Gasteiger partial charge in [-0.1, -0.05) is 40.7 Å². The van der Waals surface area contributed by atoms with Crippen LogP contribution in [0.1, 0.15) is 16.1 Å². The molecule has 0 amide bonds. The molecule has 8 nitrogen and oxygen atoms in total. The minimum atomic E-state index is -0.507. The molecule has 10 heteroatoms. The van der Waals surface area contributed by atoms with E-state index in [4.69, 9.17) is 16.1 Å². The van der Waals surface area contributed by atoms with E-state index in [9.17, 15) is 14.9 Å². The summed E-state index contributed by atoms with van der Waals surface area (Å²) in [5, 5.41) is 16.0. The van der Waals surface area contributed by atoms with Crippen LogP contribution in [0.4, 0.5) is 5.69 Å². The summed E-state index contributed by atoms with van der Waals surface area (Å²) in [4.78, 5) is 31.5. The van der Waals surface area contributed by atoms with Crippen molar-refractivity contribution in [2.45, 2.75) is 12.1 Å². The highest BCUT2D eigenvalue weighted by Gasteiger charge is 2.19. The monoisotopic (exact) mass is 466 g/mol. The van der Waals surface area contributed by atoms with Gasteiger partial charge in [0, 0.05) is 34.5 Å². The van der Waals surface area contributed by atoms with Crippen LogP contribution < -0.4 is 0 Å². The Hall–Kier alpha value is -3.56. The number of nitro groups is 1. The fraction of sp³-hybridized carbons (Fsp3) is 0.0909. The number of aromatic nitrogens is 3. The molecule has 0 aliphatic rings. The molecule has 0 bridgehead atoms. The van der Waals surface area contributed by atoms with Crippen LogP contribution in [0, 0.1) is 17.0 Å². The zero-order chi connectivity index (χ0) is 22.7. The van der Waals surface area contributed by atoms with Crippen molar-refractivity contribution in [2.75, 3.05) is 5.75 Å². The molecule has 0 N–H and O–H groups in total. The van der Waals surface area contributed by atoms with Gasteiger partial charge in [0.2, 0.25) is 0 Å². The molecule has 0 atom stereocenters. The highest BCUT2D eigenvalue weighted by molar-refractivity contribution is 7.99. The zero-order valence-electron chi connectivity index (χ0n) is 16.7. The lowest BCUT2D eigenvalue weighted by Gasteiger charge is -2.05. The lowest BCUT2D eigenvalue weighted by Crippen LogP contribution is -2.03. The number of carbonyl (C=O) groups excluding carboxylic acids is 1. The Morgan fingerprint density at radius 1 is 1.12 bits per heavy atom. The van der Waals surface area contributed by atoms with Crippen molar-refractivity contribution in [3.05, 3.63) is 87.3 Å². The fourth-order valence-corrected chi connectivity index (χ4v) is 3.86. The lowest BCUT2D eigenvalue weighted by atomic mass is 10.0. The molecule has 2 aromatic carbocycles. The number of nitro benzene ring substituents is 1. The van der Waals surface area contributed by atoms with Crippen LogP contribution in [-0.4, -0.2) is 31.6 Å². The third-order valence-corrected chi connectivity index (χ3v) is 5.72. The molecule has 2 heterocycles. The molecule has 0 saturated heterocycles. The number of aryl methyl sites for hydroxylation is 1. The lowest BCUT2D eigenvalue weighted by molar-refractivity contribution is -0.384. The van der Waals surface area contributed by atoms with Gasteiger partial charge in [-0.05, 0) is 37.3 Å². The molecule has 0 spiro atoms. The van der Waals surface area contributed by atoms with Crippen LogP contribution >= 0.6 is 23.4 Å². The highest BCUT2D eigenvalue weighted by atomic mass is 35.5. The van der Waals surface area contributed by atoms with Crippen molar-refractivity contribution in [1.29, 1.82) is 0 Å². The standard InChI is InChI=1S/C22H15ClN4O4S/c1-13-20(21(26-31-13)15-2-6-16(23)7-3-15)18-10-11-24-22(25-18)32-12-19(28)14-4-8-17(9-5-14)27(29)30/h2-11H,12H2,1H3. The number of carbonyl (C=O) groups is 1. The van der Waals surface area contributed by atoms with Crippen molar-refractivity contribution >= 4 is 34.8 Å². The molecule has 4 aromatic rings. The van der Waals surface area contributed by atoms with Crippen LogP contribution in [0.25, 0.3) is 22.5 Å². The van der Waals surface area contributed by atoms with Gasteiger partial charge >= 0.3 is 0 Å². The van der Waals surface area contributed by atoms with E-state index in [0.717, 1.165) is 11.1 Å². The highest BCUT2D eigenvalue weighted by Crippen LogP contribution is 2.34. The molecule has 0 saturated carbocycles. The molecule has 0 aliphatic heterocycles. The van der Waals surface area contributed by atoms with E-state index in [1.807, 2.05) is 12.1 Å². The molecule has 160 valence electrons. The Labute approximate surface area is 191 Å². The second kappa shape index (κ2) is 9.29. The number of benzene rings is 2. The van der Waals surface area contributed by atoms with Crippen molar-refractivity contribution in [3.63, 3.8) is 0 Å². The molecular weight excluding hydrogens is 452 g/mol. The van der Waals surface area contributed by atoms with E-state index >= 15 is 0 Å². The van der Waals surface area contributed by atoms with Gasteiger partial charge in [0.15, 0.2) is 10.9 Å². The van der Waals surface area contributed by atoms with Gasteiger partial charge in [-0.25, -0.2) is 9.97 Å². The van der Waals surface area contributed by atoms with E-state index in [-0.39, 0.29) is 17.2 Å². The summed E-state index contributed by atoms with van der Waals surface area (Å²) in [6.07, 6.45) is 1.61. The molecule has 4 rings (SSSR count). The number of hydrogen-bond donors (Lipinski definition) is 0. The first kappa shape index (κ1) is 21.7. The molecule has 0 aliphatic carbocycles. The summed E-state index contributed by atoms with van der Waals surface area (Å²) in [5.74, 6) is 0.516. The van der Waals surface area contributed by atoms with Crippen LogP contribution in [0.2, 0.25) is 5.02 Å². The second-order valence-electron chi connectivity index (χ2n) is 6.71. The van der Waals surface area contributed by atoms with Gasteiger partial charge in [-0.15, -0.1) is 0 Å². The van der Waals surface area contributed by atoms with E-state index in [2.05, 4.69) is 15.1 Å². The number of rotatable bonds is 7. The largest absolute Gasteiger partial charge is 0.360 e. The average Bonchev–Trinajstić information content (AvgIpc) is 3.19.